The van der Waals surface area contributed by atoms with Crippen LogP contribution in [0.15, 0.2) is 0 Å². The number of fused-ring (bicyclic) bond motifs is 5. The molecule has 3 nitrogen and oxygen atoms in total. The van der Waals surface area contributed by atoms with Crippen LogP contribution in [0.25, 0.3) is 0 Å². The molecule has 3 heteroatoms. The van der Waals surface area contributed by atoms with Gasteiger partial charge < -0.3 is 14.2 Å². The molecule has 0 aromatic heterocycles. The van der Waals surface area contributed by atoms with Crippen molar-refractivity contribution in [3.05, 3.63) is 0 Å². The standard InChI is InChI=1S/C26H44O3/c1-24-12-11-23-21(22(24)10-8-19(24)6-4-5-15-27-3)9-7-20-18-26(28-16-17-29-26)14-13-25(20,23)2/h19-23H,4-18H2,1-3H3/t19-,20-,21?,22?,23?,24+,25-/m0/s1. The summed E-state index contributed by atoms with van der Waals surface area (Å²) in [6.45, 7) is 7.90. The lowest BCUT2D eigenvalue weighted by atomic mass is 9.44. The molecular formula is C26H44O3. The lowest BCUT2D eigenvalue weighted by Gasteiger charge is -2.62. The molecule has 1 saturated heterocycles. The molecule has 3 unspecified atom stereocenters. The van der Waals surface area contributed by atoms with Gasteiger partial charge in [-0.2, -0.15) is 0 Å². The highest BCUT2D eigenvalue weighted by Crippen LogP contribution is 2.68. The average Bonchev–Trinajstić information content (AvgIpc) is 3.30. The van der Waals surface area contributed by atoms with Crippen LogP contribution in [0.3, 0.4) is 0 Å². The van der Waals surface area contributed by atoms with Gasteiger partial charge in [0.15, 0.2) is 5.79 Å². The third-order valence-corrected chi connectivity index (χ3v) is 10.8. The largest absolute Gasteiger partial charge is 0.385 e. The first kappa shape index (κ1) is 20.8. The van der Waals surface area contributed by atoms with Crippen LogP contribution < -0.4 is 0 Å². The molecule has 1 spiro atoms. The predicted octanol–water partition coefficient (Wildman–Crippen LogP) is 6.21. The van der Waals surface area contributed by atoms with E-state index in [0.717, 1.165) is 62.3 Å². The summed E-state index contributed by atoms with van der Waals surface area (Å²) in [5.74, 6) is 4.49. The zero-order valence-electron chi connectivity index (χ0n) is 19.2. The van der Waals surface area contributed by atoms with Crippen molar-refractivity contribution in [3.8, 4) is 0 Å². The van der Waals surface area contributed by atoms with Crippen LogP contribution in [0.4, 0.5) is 0 Å². The van der Waals surface area contributed by atoms with Crippen molar-refractivity contribution in [2.75, 3.05) is 26.9 Å². The second-order valence-electron chi connectivity index (χ2n) is 11.8. The molecule has 5 fully saturated rings. The van der Waals surface area contributed by atoms with Crippen molar-refractivity contribution in [2.24, 2.45) is 40.4 Å². The summed E-state index contributed by atoms with van der Waals surface area (Å²) in [5.41, 5.74) is 1.15. The Balaban J connectivity index is 1.28. The summed E-state index contributed by atoms with van der Waals surface area (Å²) in [4.78, 5) is 0. The Hall–Kier alpha value is -0.120. The van der Waals surface area contributed by atoms with Gasteiger partial charge >= 0.3 is 0 Å². The van der Waals surface area contributed by atoms with Crippen LogP contribution in [0.1, 0.15) is 90.9 Å². The number of rotatable bonds is 5. The van der Waals surface area contributed by atoms with Crippen molar-refractivity contribution in [1.82, 2.24) is 0 Å². The molecule has 0 amide bonds. The molecular weight excluding hydrogens is 360 g/mol. The van der Waals surface area contributed by atoms with Crippen molar-refractivity contribution in [3.63, 3.8) is 0 Å². The molecule has 0 aromatic carbocycles. The molecule has 0 N–H and O–H groups in total. The first-order chi connectivity index (χ1) is 14.0. The molecule has 4 saturated carbocycles. The van der Waals surface area contributed by atoms with Crippen LogP contribution in [-0.4, -0.2) is 32.7 Å². The van der Waals surface area contributed by atoms with E-state index in [0.29, 0.717) is 10.8 Å². The van der Waals surface area contributed by atoms with Crippen LogP contribution in [0, 0.1) is 40.4 Å². The van der Waals surface area contributed by atoms with E-state index in [1.165, 1.54) is 64.2 Å². The minimum absolute atomic E-state index is 0.207. The molecule has 0 aromatic rings. The summed E-state index contributed by atoms with van der Waals surface area (Å²) in [7, 11) is 1.84. The molecule has 4 aliphatic carbocycles. The highest BCUT2D eigenvalue weighted by molar-refractivity contribution is 5.10. The van der Waals surface area contributed by atoms with Gasteiger partial charge in [0.25, 0.3) is 0 Å². The summed E-state index contributed by atoms with van der Waals surface area (Å²) in [6.07, 6.45) is 16.5. The van der Waals surface area contributed by atoms with Crippen molar-refractivity contribution in [2.45, 2.75) is 96.7 Å². The molecule has 1 aliphatic heterocycles. The Labute approximate surface area is 178 Å². The molecule has 0 bridgehead atoms. The summed E-state index contributed by atoms with van der Waals surface area (Å²) < 4.78 is 17.6. The number of hydrogen-bond acceptors (Lipinski definition) is 3. The first-order valence-electron chi connectivity index (χ1n) is 12.8. The molecule has 1 heterocycles. The predicted molar refractivity (Wildman–Crippen MR) is 116 cm³/mol. The Bertz CT molecular complexity index is 585. The minimum Gasteiger partial charge on any atom is -0.385 e. The molecule has 7 atom stereocenters. The highest BCUT2D eigenvalue weighted by atomic mass is 16.7. The fourth-order valence-electron chi connectivity index (χ4n) is 9.18. The van der Waals surface area contributed by atoms with Gasteiger partial charge in [-0.1, -0.05) is 20.3 Å². The number of methoxy groups -OCH3 is 1. The van der Waals surface area contributed by atoms with Crippen LogP contribution in [0.5, 0.6) is 0 Å². The number of unbranched alkanes of at least 4 members (excludes halogenated alkanes) is 1. The molecule has 29 heavy (non-hydrogen) atoms. The van der Waals surface area contributed by atoms with E-state index in [1.807, 2.05) is 7.11 Å². The minimum atomic E-state index is -0.207. The van der Waals surface area contributed by atoms with E-state index in [4.69, 9.17) is 14.2 Å². The second kappa shape index (κ2) is 7.78. The van der Waals surface area contributed by atoms with Crippen molar-refractivity contribution in [1.29, 1.82) is 0 Å². The third-order valence-electron chi connectivity index (χ3n) is 10.8. The van der Waals surface area contributed by atoms with E-state index in [1.54, 1.807) is 0 Å². The smallest absolute Gasteiger partial charge is 0.168 e. The van der Waals surface area contributed by atoms with Crippen LogP contribution in [-0.2, 0) is 14.2 Å². The van der Waals surface area contributed by atoms with E-state index < -0.39 is 0 Å². The van der Waals surface area contributed by atoms with Crippen molar-refractivity contribution >= 4 is 0 Å². The SMILES string of the molecule is COCCCC[C@H]1CCC2C3CC[C@H]4CC5(CC[C@]4(C)C3CC[C@@]21C)OCCO5. The fourth-order valence-corrected chi connectivity index (χ4v) is 9.18. The zero-order valence-corrected chi connectivity index (χ0v) is 19.2. The fraction of sp³-hybridized carbons (Fsp3) is 1.00. The maximum absolute atomic E-state index is 6.13. The topological polar surface area (TPSA) is 27.7 Å². The summed E-state index contributed by atoms with van der Waals surface area (Å²) >= 11 is 0. The maximum Gasteiger partial charge on any atom is 0.168 e. The third kappa shape index (κ3) is 3.33. The van der Waals surface area contributed by atoms with Crippen LogP contribution in [0.2, 0.25) is 0 Å². The Kier molecular flexibility index (Phi) is 5.57. The maximum atomic E-state index is 6.13. The van der Waals surface area contributed by atoms with Gasteiger partial charge in [0.05, 0.1) is 13.2 Å². The summed E-state index contributed by atoms with van der Waals surface area (Å²) in [5, 5.41) is 0. The number of hydrogen-bond donors (Lipinski definition) is 0. The van der Waals surface area contributed by atoms with E-state index in [9.17, 15) is 0 Å². The summed E-state index contributed by atoms with van der Waals surface area (Å²) in [6, 6.07) is 0. The van der Waals surface area contributed by atoms with E-state index in [2.05, 4.69) is 13.8 Å². The zero-order chi connectivity index (χ0) is 20.1. The molecule has 0 radical (unpaired) electrons. The second-order valence-corrected chi connectivity index (χ2v) is 11.8. The lowest BCUT2D eigenvalue weighted by Crippen LogP contribution is -2.56. The Morgan fingerprint density at radius 3 is 2.41 bits per heavy atom. The Morgan fingerprint density at radius 1 is 0.828 bits per heavy atom. The van der Waals surface area contributed by atoms with Gasteiger partial charge in [-0.05, 0) is 98.2 Å². The van der Waals surface area contributed by atoms with E-state index in [-0.39, 0.29) is 5.79 Å². The van der Waals surface area contributed by atoms with Gasteiger partial charge in [0.1, 0.15) is 0 Å². The monoisotopic (exact) mass is 404 g/mol. The Morgan fingerprint density at radius 2 is 1.62 bits per heavy atom. The average molecular weight is 405 g/mol. The molecule has 5 rings (SSSR count). The van der Waals surface area contributed by atoms with E-state index >= 15 is 0 Å². The number of ether oxygens (including phenoxy) is 3. The van der Waals surface area contributed by atoms with Crippen molar-refractivity contribution < 1.29 is 14.2 Å². The van der Waals surface area contributed by atoms with Gasteiger partial charge in [0, 0.05) is 26.6 Å². The normalized spacial score (nSPS) is 48.3. The van der Waals surface area contributed by atoms with Gasteiger partial charge in [-0.25, -0.2) is 0 Å². The molecule has 166 valence electrons. The van der Waals surface area contributed by atoms with Gasteiger partial charge in [-0.15, -0.1) is 0 Å². The molecule has 5 aliphatic rings. The van der Waals surface area contributed by atoms with Crippen LogP contribution >= 0.6 is 0 Å². The first-order valence-corrected chi connectivity index (χ1v) is 12.8. The van der Waals surface area contributed by atoms with Gasteiger partial charge in [-0.3, -0.25) is 0 Å². The lowest BCUT2D eigenvalue weighted by molar-refractivity contribution is -0.229. The highest BCUT2D eigenvalue weighted by Gasteiger charge is 2.61. The van der Waals surface area contributed by atoms with Gasteiger partial charge in [0.2, 0.25) is 0 Å². The quantitative estimate of drug-likeness (QED) is 0.510.